The number of aromatic nitrogens is 1. The number of carbonyl (C=O) groups excluding carboxylic acids is 2. The van der Waals surface area contributed by atoms with Gasteiger partial charge < -0.3 is 20.3 Å². The first-order valence-corrected chi connectivity index (χ1v) is 8.03. The van der Waals surface area contributed by atoms with Crippen LogP contribution >= 0.6 is 0 Å². The number of pyridine rings is 1. The molecule has 0 spiro atoms. The summed E-state index contributed by atoms with van der Waals surface area (Å²) in [5.41, 5.74) is 2.08. The first-order chi connectivity index (χ1) is 12.1. The summed E-state index contributed by atoms with van der Waals surface area (Å²) in [7, 11) is 1.96. The number of nitrogens with zero attached hydrogens (tertiary/aromatic N) is 2. The molecule has 2 aromatic rings. The zero-order chi connectivity index (χ0) is 17.6. The van der Waals surface area contributed by atoms with Gasteiger partial charge in [-0.05, 0) is 11.6 Å². The van der Waals surface area contributed by atoms with Gasteiger partial charge in [-0.15, -0.1) is 0 Å². The van der Waals surface area contributed by atoms with E-state index >= 15 is 0 Å². The summed E-state index contributed by atoms with van der Waals surface area (Å²) in [6, 6.07) is 13.2. The minimum Gasteiger partial charge on any atom is -0.447 e. The molecule has 1 aliphatic rings. The topological polar surface area (TPSA) is 83.6 Å². The van der Waals surface area contributed by atoms with Gasteiger partial charge in [-0.25, -0.2) is 9.78 Å². The van der Waals surface area contributed by atoms with Crippen LogP contribution in [0.25, 0.3) is 0 Å². The van der Waals surface area contributed by atoms with E-state index < -0.39 is 12.1 Å². The van der Waals surface area contributed by atoms with Crippen molar-refractivity contribution in [3.8, 4) is 0 Å². The first-order valence-electron chi connectivity index (χ1n) is 8.03. The lowest BCUT2D eigenvalue weighted by Gasteiger charge is -2.21. The molecule has 130 valence electrons. The Hall–Kier alpha value is -3.09. The molecule has 0 radical (unpaired) electrons. The van der Waals surface area contributed by atoms with Crippen LogP contribution in [-0.2, 0) is 22.6 Å². The van der Waals surface area contributed by atoms with Crippen molar-refractivity contribution in [3.05, 3.63) is 59.8 Å². The molecule has 1 unspecified atom stereocenters. The van der Waals surface area contributed by atoms with Gasteiger partial charge in [0.2, 0.25) is 5.91 Å². The molecule has 2 heterocycles. The first kappa shape index (κ1) is 16.8. The molecule has 1 saturated heterocycles. The molecule has 1 aromatic heterocycles. The highest BCUT2D eigenvalue weighted by Gasteiger charge is 2.28. The van der Waals surface area contributed by atoms with Crippen LogP contribution in [0.4, 0.5) is 10.6 Å². The van der Waals surface area contributed by atoms with Gasteiger partial charge in [-0.3, -0.25) is 4.79 Å². The van der Waals surface area contributed by atoms with Gasteiger partial charge in [0, 0.05) is 31.9 Å². The maximum absolute atomic E-state index is 12.1. The van der Waals surface area contributed by atoms with Crippen molar-refractivity contribution < 1.29 is 14.3 Å². The average Bonchev–Trinajstić information content (AvgIpc) is 3.07. The van der Waals surface area contributed by atoms with Gasteiger partial charge in [0.05, 0.1) is 0 Å². The summed E-state index contributed by atoms with van der Waals surface area (Å²) < 4.78 is 4.74. The number of rotatable bonds is 6. The fourth-order valence-electron chi connectivity index (χ4n) is 2.68. The van der Waals surface area contributed by atoms with Gasteiger partial charge in [0.1, 0.15) is 18.5 Å². The van der Waals surface area contributed by atoms with E-state index in [0.29, 0.717) is 13.1 Å². The van der Waals surface area contributed by atoms with Gasteiger partial charge in [-0.1, -0.05) is 36.4 Å². The number of hydrogen-bond donors (Lipinski definition) is 2. The molecule has 2 N–H and O–H groups in total. The number of alkyl carbamates (subject to hydrolysis) is 1. The van der Waals surface area contributed by atoms with Crippen LogP contribution in [0.5, 0.6) is 0 Å². The van der Waals surface area contributed by atoms with E-state index in [2.05, 4.69) is 27.8 Å². The third kappa shape index (κ3) is 4.26. The van der Waals surface area contributed by atoms with Crippen LogP contribution in [-0.4, -0.2) is 36.7 Å². The molecule has 1 fully saturated rings. The Labute approximate surface area is 146 Å². The number of hydrogen-bond acceptors (Lipinski definition) is 5. The van der Waals surface area contributed by atoms with Gasteiger partial charge in [0.15, 0.2) is 0 Å². The number of cyclic esters (lactones) is 1. The quantitative estimate of drug-likeness (QED) is 0.831. The lowest BCUT2D eigenvalue weighted by atomic mass is 10.2. The molecule has 2 amide bonds. The fraction of sp³-hybridized carbons (Fsp3) is 0.278. The molecule has 1 atom stereocenters. The summed E-state index contributed by atoms with van der Waals surface area (Å²) >= 11 is 0. The third-order valence-corrected chi connectivity index (χ3v) is 3.93. The van der Waals surface area contributed by atoms with Crippen LogP contribution in [0.15, 0.2) is 48.7 Å². The number of amides is 2. The Morgan fingerprint density at radius 2 is 2.12 bits per heavy atom. The number of benzene rings is 1. The summed E-state index contributed by atoms with van der Waals surface area (Å²) in [4.78, 5) is 29.6. The molecule has 25 heavy (non-hydrogen) atoms. The number of anilines is 1. The van der Waals surface area contributed by atoms with Crippen molar-refractivity contribution >= 4 is 17.8 Å². The summed E-state index contributed by atoms with van der Waals surface area (Å²) in [6.45, 7) is 1.09. The van der Waals surface area contributed by atoms with E-state index in [1.54, 1.807) is 6.20 Å². The van der Waals surface area contributed by atoms with Crippen molar-refractivity contribution in [1.29, 1.82) is 0 Å². The lowest BCUT2D eigenvalue weighted by molar-refractivity contribution is -0.122. The Bertz CT molecular complexity index is 751. The molecule has 7 nitrogen and oxygen atoms in total. The van der Waals surface area contributed by atoms with Crippen LogP contribution in [0.1, 0.15) is 11.1 Å². The lowest BCUT2D eigenvalue weighted by Crippen LogP contribution is -2.42. The predicted molar refractivity (Wildman–Crippen MR) is 92.9 cm³/mol. The molecular weight excluding hydrogens is 320 g/mol. The fourth-order valence-corrected chi connectivity index (χ4v) is 2.68. The number of ether oxygens (including phenoxy) is 1. The second kappa shape index (κ2) is 7.65. The number of nitrogens with one attached hydrogen (secondary N) is 2. The molecule has 7 heteroatoms. The molecule has 3 rings (SSSR count). The van der Waals surface area contributed by atoms with E-state index in [0.717, 1.165) is 11.4 Å². The highest BCUT2D eigenvalue weighted by Crippen LogP contribution is 2.18. The highest BCUT2D eigenvalue weighted by atomic mass is 16.6. The van der Waals surface area contributed by atoms with Gasteiger partial charge >= 0.3 is 6.09 Å². The Morgan fingerprint density at radius 3 is 2.84 bits per heavy atom. The van der Waals surface area contributed by atoms with E-state index in [1.165, 1.54) is 5.56 Å². The van der Waals surface area contributed by atoms with Crippen molar-refractivity contribution in [1.82, 2.24) is 15.6 Å². The van der Waals surface area contributed by atoms with Crippen molar-refractivity contribution in [2.75, 3.05) is 18.6 Å². The standard InChI is InChI=1S/C18H20N4O3/c1-22(11-13-6-3-2-4-7-13)16-14(8-5-9-19-16)10-20-17(23)15-12-25-18(24)21-15/h2-9,15H,10-12H2,1H3,(H,20,23)(H,21,24). The van der Waals surface area contributed by atoms with Crippen LogP contribution in [0.2, 0.25) is 0 Å². The minimum absolute atomic E-state index is 0.0540. The zero-order valence-electron chi connectivity index (χ0n) is 13.9. The van der Waals surface area contributed by atoms with Crippen LogP contribution in [0, 0.1) is 0 Å². The summed E-state index contributed by atoms with van der Waals surface area (Å²) in [6.07, 6.45) is 1.16. The smallest absolute Gasteiger partial charge is 0.407 e. The van der Waals surface area contributed by atoms with E-state index in [9.17, 15) is 9.59 Å². The maximum atomic E-state index is 12.1. The second-order valence-corrected chi connectivity index (χ2v) is 5.84. The number of carbonyl (C=O) groups is 2. The van der Waals surface area contributed by atoms with E-state index in [4.69, 9.17) is 4.74 Å². The van der Waals surface area contributed by atoms with Crippen molar-refractivity contribution in [2.45, 2.75) is 19.1 Å². The van der Waals surface area contributed by atoms with Gasteiger partial charge in [-0.2, -0.15) is 0 Å². The van der Waals surface area contributed by atoms with Crippen molar-refractivity contribution in [3.63, 3.8) is 0 Å². The monoisotopic (exact) mass is 340 g/mol. The Balaban J connectivity index is 1.64. The van der Waals surface area contributed by atoms with E-state index in [-0.39, 0.29) is 12.5 Å². The predicted octanol–water partition coefficient (Wildman–Crippen LogP) is 1.44. The molecule has 0 aliphatic carbocycles. The maximum Gasteiger partial charge on any atom is 0.407 e. The normalized spacial score (nSPS) is 16.0. The molecular formula is C18H20N4O3. The minimum atomic E-state index is -0.644. The Kier molecular flexibility index (Phi) is 5.13. The average molecular weight is 340 g/mol. The van der Waals surface area contributed by atoms with Gasteiger partial charge in [0.25, 0.3) is 0 Å². The summed E-state index contributed by atoms with van der Waals surface area (Å²) in [5, 5.41) is 5.28. The third-order valence-electron chi connectivity index (χ3n) is 3.93. The SMILES string of the molecule is CN(Cc1ccccc1)c1ncccc1CNC(=O)C1COC(=O)N1. The van der Waals surface area contributed by atoms with Crippen LogP contribution in [0.3, 0.4) is 0 Å². The molecule has 1 aliphatic heterocycles. The van der Waals surface area contributed by atoms with Crippen LogP contribution < -0.4 is 15.5 Å². The highest BCUT2D eigenvalue weighted by molar-refractivity contribution is 5.87. The zero-order valence-corrected chi connectivity index (χ0v) is 13.9. The van der Waals surface area contributed by atoms with Crippen molar-refractivity contribution in [2.24, 2.45) is 0 Å². The largest absolute Gasteiger partial charge is 0.447 e. The molecule has 0 bridgehead atoms. The molecule has 0 saturated carbocycles. The van der Waals surface area contributed by atoms with E-state index in [1.807, 2.05) is 42.3 Å². The second-order valence-electron chi connectivity index (χ2n) is 5.84. The molecule has 1 aromatic carbocycles. The summed E-state index contributed by atoms with van der Waals surface area (Å²) in [5.74, 6) is 0.532. The Morgan fingerprint density at radius 1 is 1.32 bits per heavy atom.